The van der Waals surface area contributed by atoms with Gasteiger partial charge in [0.05, 0.1) is 0 Å². The van der Waals surface area contributed by atoms with E-state index >= 15 is 0 Å². The van der Waals surface area contributed by atoms with E-state index in [1.807, 2.05) is 0 Å². The normalized spacial score (nSPS) is 10.6. The first-order valence-corrected chi connectivity index (χ1v) is 6.39. The molecule has 0 unspecified atom stereocenters. The van der Waals surface area contributed by atoms with Crippen LogP contribution in [0.15, 0.2) is 34.9 Å². The standard InChI is InChI=1S/C14H11FN4O3/c1-8-6-11(18-17-8)14(20)21-7-12-16-13(22-19-12)9-2-4-10(15)5-3-9/h2-6H,7H2,1H3,(H,17,18). The molecule has 2 heterocycles. The second-order valence-corrected chi connectivity index (χ2v) is 4.53. The Balaban J connectivity index is 1.64. The molecule has 112 valence electrons. The van der Waals surface area contributed by atoms with Gasteiger partial charge in [-0.3, -0.25) is 5.10 Å². The molecule has 7 nitrogen and oxygen atoms in total. The fourth-order valence-corrected chi connectivity index (χ4v) is 1.75. The lowest BCUT2D eigenvalue weighted by atomic mass is 10.2. The van der Waals surface area contributed by atoms with Gasteiger partial charge in [0.25, 0.3) is 5.89 Å². The number of halogens is 1. The minimum absolute atomic E-state index is 0.143. The van der Waals surface area contributed by atoms with Crippen molar-refractivity contribution in [2.45, 2.75) is 13.5 Å². The first-order chi connectivity index (χ1) is 10.6. The highest BCUT2D eigenvalue weighted by Crippen LogP contribution is 2.17. The molecule has 0 amide bonds. The van der Waals surface area contributed by atoms with Gasteiger partial charge in [-0.1, -0.05) is 5.16 Å². The van der Waals surface area contributed by atoms with E-state index in [1.54, 1.807) is 13.0 Å². The molecule has 0 saturated carbocycles. The van der Waals surface area contributed by atoms with Crippen molar-refractivity contribution in [3.63, 3.8) is 0 Å². The van der Waals surface area contributed by atoms with E-state index in [-0.39, 0.29) is 29.8 Å². The summed E-state index contributed by atoms with van der Waals surface area (Å²) < 4.78 is 22.9. The van der Waals surface area contributed by atoms with E-state index in [4.69, 9.17) is 9.26 Å². The Labute approximate surface area is 124 Å². The van der Waals surface area contributed by atoms with Gasteiger partial charge in [0, 0.05) is 11.3 Å². The monoisotopic (exact) mass is 302 g/mol. The molecule has 0 saturated heterocycles. The number of aromatic amines is 1. The summed E-state index contributed by atoms with van der Waals surface area (Å²) in [5.41, 5.74) is 1.51. The number of ether oxygens (including phenoxy) is 1. The second-order valence-electron chi connectivity index (χ2n) is 4.53. The maximum Gasteiger partial charge on any atom is 0.359 e. The van der Waals surface area contributed by atoms with Crippen LogP contribution in [0, 0.1) is 12.7 Å². The van der Waals surface area contributed by atoms with E-state index in [9.17, 15) is 9.18 Å². The van der Waals surface area contributed by atoms with E-state index < -0.39 is 5.97 Å². The first kappa shape index (κ1) is 13.9. The fraction of sp³-hybridized carbons (Fsp3) is 0.143. The number of H-pyrrole nitrogens is 1. The summed E-state index contributed by atoms with van der Waals surface area (Å²) in [6, 6.07) is 7.19. The second kappa shape index (κ2) is 5.76. The largest absolute Gasteiger partial charge is 0.453 e. The lowest BCUT2D eigenvalue weighted by Gasteiger charge is -1.97. The molecule has 8 heteroatoms. The first-order valence-electron chi connectivity index (χ1n) is 6.39. The van der Waals surface area contributed by atoms with Crippen LogP contribution in [-0.4, -0.2) is 26.3 Å². The summed E-state index contributed by atoms with van der Waals surface area (Å²) in [7, 11) is 0. The molecule has 0 radical (unpaired) electrons. The van der Waals surface area contributed by atoms with Gasteiger partial charge < -0.3 is 9.26 Å². The lowest BCUT2D eigenvalue weighted by molar-refractivity contribution is 0.0452. The summed E-state index contributed by atoms with van der Waals surface area (Å²) in [5.74, 6) is -0.509. The molecule has 3 rings (SSSR count). The molecule has 0 aliphatic heterocycles. The summed E-state index contributed by atoms with van der Waals surface area (Å²) in [6.07, 6.45) is 0. The van der Waals surface area contributed by atoms with Gasteiger partial charge in [-0.15, -0.1) is 0 Å². The van der Waals surface area contributed by atoms with Crippen LogP contribution >= 0.6 is 0 Å². The van der Waals surface area contributed by atoms with Crippen LogP contribution < -0.4 is 0 Å². The van der Waals surface area contributed by atoms with Crippen molar-refractivity contribution in [3.05, 3.63) is 53.4 Å². The third kappa shape index (κ3) is 3.00. The highest BCUT2D eigenvalue weighted by atomic mass is 19.1. The molecule has 0 bridgehead atoms. The Hall–Kier alpha value is -3.03. The number of benzene rings is 1. The van der Waals surface area contributed by atoms with Crippen LogP contribution in [0.25, 0.3) is 11.5 Å². The summed E-state index contributed by atoms with van der Waals surface area (Å²) in [4.78, 5) is 15.8. The topological polar surface area (TPSA) is 93.9 Å². The van der Waals surface area contributed by atoms with Gasteiger partial charge in [0.1, 0.15) is 5.82 Å². The van der Waals surface area contributed by atoms with Gasteiger partial charge >= 0.3 is 5.97 Å². The maximum absolute atomic E-state index is 12.8. The zero-order valence-corrected chi connectivity index (χ0v) is 11.5. The Bertz CT molecular complexity index is 795. The van der Waals surface area contributed by atoms with Crippen LogP contribution in [0.1, 0.15) is 22.0 Å². The third-order valence-electron chi connectivity index (χ3n) is 2.81. The van der Waals surface area contributed by atoms with Gasteiger partial charge in [0.15, 0.2) is 12.3 Å². The zero-order chi connectivity index (χ0) is 15.5. The summed E-state index contributed by atoms with van der Waals surface area (Å²) in [6.45, 7) is 1.63. The van der Waals surface area contributed by atoms with Crippen molar-refractivity contribution in [2.75, 3.05) is 0 Å². The number of carbonyl (C=O) groups is 1. The molecule has 0 atom stereocenters. The summed E-state index contributed by atoms with van der Waals surface area (Å²) in [5, 5.41) is 10.1. The quantitative estimate of drug-likeness (QED) is 0.743. The number of aryl methyl sites for hydroxylation is 1. The van der Waals surface area contributed by atoms with E-state index in [1.165, 1.54) is 24.3 Å². The Morgan fingerprint density at radius 3 is 2.82 bits per heavy atom. The van der Waals surface area contributed by atoms with Crippen molar-refractivity contribution in [2.24, 2.45) is 0 Å². The van der Waals surface area contributed by atoms with Gasteiger partial charge in [0.2, 0.25) is 5.82 Å². The Morgan fingerprint density at radius 1 is 1.36 bits per heavy atom. The molecule has 0 fully saturated rings. The predicted molar refractivity (Wildman–Crippen MR) is 72.1 cm³/mol. The molecule has 0 spiro atoms. The van der Waals surface area contributed by atoms with Gasteiger partial charge in [-0.25, -0.2) is 9.18 Å². The number of rotatable bonds is 4. The van der Waals surface area contributed by atoms with Crippen molar-refractivity contribution in [1.29, 1.82) is 0 Å². The van der Waals surface area contributed by atoms with Crippen LogP contribution in [0.4, 0.5) is 4.39 Å². The van der Waals surface area contributed by atoms with Crippen molar-refractivity contribution in [3.8, 4) is 11.5 Å². The number of esters is 1. The van der Waals surface area contributed by atoms with Crippen LogP contribution in [-0.2, 0) is 11.3 Å². The van der Waals surface area contributed by atoms with Gasteiger partial charge in [-0.2, -0.15) is 10.1 Å². The number of nitrogens with zero attached hydrogens (tertiary/aromatic N) is 3. The molecule has 0 aliphatic rings. The summed E-state index contributed by atoms with van der Waals surface area (Å²) >= 11 is 0. The zero-order valence-electron chi connectivity index (χ0n) is 11.5. The minimum Gasteiger partial charge on any atom is -0.453 e. The average molecular weight is 302 g/mol. The minimum atomic E-state index is -0.586. The highest BCUT2D eigenvalue weighted by molar-refractivity contribution is 5.87. The fourth-order valence-electron chi connectivity index (χ4n) is 1.75. The smallest absolute Gasteiger partial charge is 0.359 e. The molecular weight excluding hydrogens is 291 g/mol. The molecule has 1 N–H and O–H groups in total. The average Bonchev–Trinajstić information content (AvgIpc) is 3.15. The number of hydrogen-bond acceptors (Lipinski definition) is 6. The Morgan fingerprint density at radius 2 is 2.14 bits per heavy atom. The lowest BCUT2D eigenvalue weighted by Crippen LogP contribution is -2.06. The van der Waals surface area contributed by atoms with Crippen LogP contribution in [0.5, 0.6) is 0 Å². The number of aromatic nitrogens is 4. The van der Waals surface area contributed by atoms with E-state index in [0.29, 0.717) is 5.56 Å². The van der Waals surface area contributed by atoms with Crippen molar-refractivity contribution >= 4 is 5.97 Å². The number of carbonyl (C=O) groups excluding carboxylic acids is 1. The van der Waals surface area contributed by atoms with Crippen molar-refractivity contribution < 1.29 is 18.4 Å². The molecule has 1 aromatic carbocycles. The molecule has 2 aromatic heterocycles. The predicted octanol–water partition coefficient (Wildman–Crippen LogP) is 2.26. The van der Waals surface area contributed by atoms with Crippen LogP contribution in [0.2, 0.25) is 0 Å². The van der Waals surface area contributed by atoms with Crippen molar-refractivity contribution in [1.82, 2.24) is 20.3 Å². The third-order valence-corrected chi connectivity index (χ3v) is 2.81. The Kier molecular flexibility index (Phi) is 3.65. The molecule has 22 heavy (non-hydrogen) atoms. The molecular formula is C14H11FN4O3. The molecule has 0 aliphatic carbocycles. The van der Waals surface area contributed by atoms with Crippen LogP contribution in [0.3, 0.4) is 0 Å². The maximum atomic E-state index is 12.8. The number of nitrogens with one attached hydrogen (secondary N) is 1. The highest BCUT2D eigenvalue weighted by Gasteiger charge is 2.14. The number of hydrogen-bond donors (Lipinski definition) is 1. The van der Waals surface area contributed by atoms with E-state index in [2.05, 4.69) is 20.3 Å². The van der Waals surface area contributed by atoms with Gasteiger partial charge in [-0.05, 0) is 37.3 Å². The van der Waals surface area contributed by atoms with E-state index in [0.717, 1.165) is 5.69 Å². The SMILES string of the molecule is Cc1cc(C(=O)OCc2noc(-c3ccc(F)cc3)n2)n[nH]1. The molecule has 3 aromatic rings.